The lowest BCUT2D eigenvalue weighted by atomic mass is 9.70. The summed E-state index contributed by atoms with van der Waals surface area (Å²) in [5.74, 6) is -0.743. The molecule has 1 atom stereocenters. The lowest BCUT2D eigenvalue weighted by molar-refractivity contribution is -0.145. The first-order valence-electron chi connectivity index (χ1n) is 8.18. The zero-order valence-corrected chi connectivity index (χ0v) is 12.1. The summed E-state index contributed by atoms with van der Waals surface area (Å²) in [6, 6.07) is 0. The minimum atomic E-state index is -0.586. The van der Waals surface area contributed by atoms with Crippen molar-refractivity contribution in [2.45, 2.75) is 70.6 Å². The van der Waals surface area contributed by atoms with Gasteiger partial charge in [0.05, 0.1) is 5.92 Å². The molecule has 2 N–H and O–H groups in total. The number of carboxylic acid groups (broad SMARTS) is 1. The Kier molecular flexibility index (Phi) is 5.68. The molecule has 3 heteroatoms. The van der Waals surface area contributed by atoms with Crippen molar-refractivity contribution in [3.8, 4) is 0 Å². The maximum absolute atomic E-state index is 11.5. The summed E-state index contributed by atoms with van der Waals surface area (Å²) in [6.45, 7) is 1.60. The number of hydrogen-bond acceptors (Lipinski definition) is 2. The molecule has 1 unspecified atom stereocenters. The Labute approximate surface area is 117 Å². The van der Waals surface area contributed by atoms with Crippen molar-refractivity contribution in [1.29, 1.82) is 0 Å². The van der Waals surface area contributed by atoms with E-state index in [9.17, 15) is 9.90 Å². The Bertz CT molecular complexity index is 278. The molecular weight excluding hydrogens is 238 g/mol. The summed E-state index contributed by atoms with van der Waals surface area (Å²) in [7, 11) is 0. The minimum Gasteiger partial charge on any atom is -0.481 e. The van der Waals surface area contributed by atoms with Crippen LogP contribution >= 0.6 is 0 Å². The van der Waals surface area contributed by atoms with Crippen molar-refractivity contribution in [3.05, 3.63) is 0 Å². The average molecular weight is 267 g/mol. The van der Waals surface area contributed by atoms with E-state index in [1.165, 1.54) is 57.8 Å². The maximum atomic E-state index is 11.5. The molecule has 0 radical (unpaired) electrons. The van der Waals surface area contributed by atoms with Gasteiger partial charge in [-0.15, -0.1) is 0 Å². The molecule has 2 aliphatic rings. The van der Waals surface area contributed by atoms with Crippen LogP contribution in [0.5, 0.6) is 0 Å². The monoisotopic (exact) mass is 267 g/mol. The average Bonchev–Trinajstić information content (AvgIpc) is 2.78. The smallest absolute Gasteiger partial charge is 0.308 e. The van der Waals surface area contributed by atoms with Crippen molar-refractivity contribution in [2.75, 3.05) is 13.1 Å². The van der Waals surface area contributed by atoms with Crippen LogP contribution in [0.3, 0.4) is 0 Å². The highest BCUT2D eigenvalue weighted by Crippen LogP contribution is 2.42. The normalized spacial score (nSPS) is 29.6. The van der Waals surface area contributed by atoms with E-state index in [-0.39, 0.29) is 11.3 Å². The number of carbonyl (C=O) groups is 1. The van der Waals surface area contributed by atoms with Gasteiger partial charge in [-0.3, -0.25) is 4.79 Å². The topological polar surface area (TPSA) is 49.3 Å². The van der Waals surface area contributed by atoms with E-state index in [2.05, 4.69) is 5.32 Å². The first-order chi connectivity index (χ1) is 9.25. The van der Waals surface area contributed by atoms with Crippen LogP contribution in [-0.2, 0) is 4.79 Å². The van der Waals surface area contributed by atoms with Gasteiger partial charge in [-0.2, -0.15) is 0 Å². The third kappa shape index (κ3) is 3.95. The SMILES string of the molecule is O=C(O)C1CNCC12CCCCCCCCCCC2. The first-order valence-corrected chi connectivity index (χ1v) is 8.18. The Morgan fingerprint density at radius 1 is 0.895 bits per heavy atom. The van der Waals surface area contributed by atoms with Gasteiger partial charge in [-0.05, 0) is 18.3 Å². The second-order valence-corrected chi connectivity index (χ2v) is 6.57. The van der Waals surface area contributed by atoms with Crippen LogP contribution in [0.25, 0.3) is 0 Å². The van der Waals surface area contributed by atoms with E-state index in [0.717, 1.165) is 19.4 Å². The third-order valence-corrected chi connectivity index (χ3v) is 5.21. The number of hydrogen-bond donors (Lipinski definition) is 2. The molecule has 2 fully saturated rings. The van der Waals surface area contributed by atoms with E-state index in [1.54, 1.807) is 0 Å². The Morgan fingerprint density at radius 2 is 1.37 bits per heavy atom. The fourth-order valence-electron chi connectivity index (χ4n) is 4.00. The Balaban J connectivity index is 1.99. The summed E-state index contributed by atoms with van der Waals surface area (Å²) in [5.41, 5.74) is 0.0467. The zero-order chi connectivity index (χ0) is 13.6. The van der Waals surface area contributed by atoms with Crippen LogP contribution in [-0.4, -0.2) is 24.2 Å². The molecule has 0 aromatic rings. The maximum Gasteiger partial charge on any atom is 0.308 e. The lowest BCUT2D eigenvalue weighted by Crippen LogP contribution is -2.35. The molecule has 1 aliphatic heterocycles. The molecule has 2 rings (SSSR count). The van der Waals surface area contributed by atoms with Gasteiger partial charge < -0.3 is 10.4 Å². The van der Waals surface area contributed by atoms with Gasteiger partial charge in [0, 0.05) is 13.1 Å². The van der Waals surface area contributed by atoms with Gasteiger partial charge in [0.25, 0.3) is 0 Å². The molecule has 1 heterocycles. The molecule has 110 valence electrons. The van der Waals surface area contributed by atoms with Gasteiger partial charge in [0.15, 0.2) is 0 Å². The highest BCUT2D eigenvalue weighted by Gasteiger charge is 2.45. The van der Waals surface area contributed by atoms with Crippen LogP contribution in [0.15, 0.2) is 0 Å². The number of nitrogens with one attached hydrogen (secondary N) is 1. The van der Waals surface area contributed by atoms with Gasteiger partial charge in [0.1, 0.15) is 0 Å². The van der Waals surface area contributed by atoms with Crippen LogP contribution in [0.1, 0.15) is 70.6 Å². The first kappa shape index (κ1) is 14.8. The molecule has 1 saturated heterocycles. The van der Waals surface area contributed by atoms with E-state index in [4.69, 9.17) is 0 Å². The number of aliphatic carboxylic acids is 1. The molecule has 1 aliphatic carbocycles. The Morgan fingerprint density at radius 3 is 1.84 bits per heavy atom. The highest BCUT2D eigenvalue weighted by molar-refractivity contribution is 5.72. The van der Waals surface area contributed by atoms with Crippen LogP contribution in [0.4, 0.5) is 0 Å². The van der Waals surface area contributed by atoms with E-state index in [1.807, 2.05) is 0 Å². The molecule has 0 bridgehead atoms. The minimum absolute atomic E-state index is 0.0467. The van der Waals surface area contributed by atoms with E-state index in [0.29, 0.717) is 6.54 Å². The number of rotatable bonds is 1. The molecule has 1 saturated carbocycles. The van der Waals surface area contributed by atoms with Crippen molar-refractivity contribution >= 4 is 5.97 Å². The summed E-state index contributed by atoms with van der Waals surface area (Å²) < 4.78 is 0. The lowest BCUT2D eigenvalue weighted by Gasteiger charge is -2.33. The van der Waals surface area contributed by atoms with Gasteiger partial charge >= 0.3 is 5.97 Å². The second kappa shape index (κ2) is 7.28. The molecule has 19 heavy (non-hydrogen) atoms. The molecular formula is C16H29NO2. The van der Waals surface area contributed by atoms with Crippen molar-refractivity contribution in [2.24, 2.45) is 11.3 Å². The second-order valence-electron chi connectivity index (χ2n) is 6.57. The molecule has 3 nitrogen and oxygen atoms in total. The predicted octanol–water partition coefficient (Wildman–Crippen LogP) is 3.58. The predicted molar refractivity (Wildman–Crippen MR) is 77.2 cm³/mol. The summed E-state index contributed by atoms with van der Waals surface area (Å²) in [5, 5.41) is 12.8. The molecule has 0 amide bonds. The highest BCUT2D eigenvalue weighted by atomic mass is 16.4. The molecule has 1 spiro atoms. The fourth-order valence-corrected chi connectivity index (χ4v) is 4.00. The van der Waals surface area contributed by atoms with Gasteiger partial charge in [-0.1, -0.05) is 57.8 Å². The van der Waals surface area contributed by atoms with Crippen molar-refractivity contribution < 1.29 is 9.90 Å². The molecule has 0 aromatic heterocycles. The largest absolute Gasteiger partial charge is 0.481 e. The van der Waals surface area contributed by atoms with Crippen LogP contribution in [0, 0.1) is 11.3 Å². The van der Waals surface area contributed by atoms with E-state index < -0.39 is 5.97 Å². The quantitative estimate of drug-likeness (QED) is 0.763. The summed E-state index contributed by atoms with van der Waals surface area (Å²) >= 11 is 0. The summed E-state index contributed by atoms with van der Waals surface area (Å²) in [6.07, 6.45) is 14.0. The number of carboxylic acids is 1. The van der Waals surface area contributed by atoms with E-state index >= 15 is 0 Å². The third-order valence-electron chi connectivity index (χ3n) is 5.21. The Hall–Kier alpha value is -0.570. The standard InChI is InChI=1S/C16H29NO2/c18-15(19)14-12-17-13-16(14)10-8-6-4-2-1-3-5-7-9-11-16/h14,17H,1-13H2,(H,18,19). The van der Waals surface area contributed by atoms with Crippen LogP contribution in [0.2, 0.25) is 0 Å². The summed E-state index contributed by atoms with van der Waals surface area (Å²) in [4.78, 5) is 11.5. The van der Waals surface area contributed by atoms with Crippen molar-refractivity contribution in [1.82, 2.24) is 5.32 Å². The fraction of sp³-hybridized carbons (Fsp3) is 0.938. The van der Waals surface area contributed by atoms with Gasteiger partial charge in [-0.25, -0.2) is 0 Å². The van der Waals surface area contributed by atoms with Gasteiger partial charge in [0.2, 0.25) is 0 Å². The van der Waals surface area contributed by atoms with Crippen LogP contribution < -0.4 is 5.32 Å². The van der Waals surface area contributed by atoms with Crippen molar-refractivity contribution in [3.63, 3.8) is 0 Å². The zero-order valence-electron chi connectivity index (χ0n) is 12.1. The molecule has 0 aromatic carbocycles.